The first-order valence-corrected chi connectivity index (χ1v) is 13.4. The Morgan fingerprint density at radius 3 is 2.58 bits per heavy atom. The highest BCUT2D eigenvalue weighted by molar-refractivity contribution is 6.46. The molecular formula is C32H33NO7. The fraction of sp³-hybridized carbons (Fsp3) is 0.312. The van der Waals surface area contributed by atoms with Crippen LogP contribution in [0, 0.1) is 0 Å². The highest BCUT2D eigenvalue weighted by Gasteiger charge is 2.46. The number of amides is 1. The molecule has 3 aromatic rings. The van der Waals surface area contributed by atoms with Crippen molar-refractivity contribution in [1.29, 1.82) is 0 Å². The molecule has 1 amide bonds. The number of methoxy groups -OCH3 is 1. The summed E-state index contributed by atoms with van der Waals surface area (Å²) in [4.78, 5) is 28.0. The van der Waals surface area contributed by atoms with Crippen LogP contribution in [0.1, 0.15) is 42.1 Å². The Balaban J connectivity index is 1.55. The average molecular weight is 544 g/mol. The van der Waals surface area contributed by atoms with Gasteiger partial charge in [0.15, 0.2) is 11.5 Å². The van der Waals surface area contributed by atoms with E-state index in [1.54, 1.807) is 30.3 Å². The molecule has 0 saturated carbocycles. The van der Waals surface area contributed by atoms with Crippen molar-refractivity contribution in [2.45, 2.75) is 39.0 Å². The van der Waals surface area contributed by atoms with Crippen molar-refractivity contribution in [3.63, 3.8) is 0 Å². The molecule has 2 heterocycles. The summed E-state index contributed by atoms with van der Waals surface area (Å²) < 4.78 is 23.0. The number of nitrogens with zero attached hydrogens (tertiary/aromatic N) is 1. The van der Waals surface area contributed by atoms with Gasteiger partial charge in [-0.25, -0.2) is 0 Å². The van der Waals surface area contributed by atoms with Crippen molar-refractivity contribution in [1.82, 2.24) is 4.90 Å². The third kappa shape index (κ3) is 5.40. The largest absolute Gasteiger partial charge is 0.507 e. The number of carbonyl (C=O) groups excluding carboxylic acids is 2. The van der Waals surface area contributed by atoms with E-state index in [0.29, 0.717) is 42.3 Å². The number of hydrogen-bond donors (Lipinski definition) is 1. The smallest absolute Gasteiger partial charge is 0.295 e. The molecule has 0 aliphatic carbocycles. The molecule has 2 atom stereocenters. The Bertz CT molecular complexity index is 1430. The Kier molecular flexibility index (Phi) is 8.07. The summed E-state index contributed by atoms with van der Waals surface area (Å²) in [6.07, 6.45) is 0.733. The fourth-order valence-electron chi connectivity index (χ4n) is 5.19. The van der Waals surface area contributed by atoms with Gasteiger partial charge in [-0.05, 0) is 60.9 Å². The van der Waals surface area contributed by atoms with Crippen LogP contribution in [0.5, 0.6) is 17.2 Å². The van der Waals surface area contributed by atoms with Crippen LogP contribution in [-0.2, 0) is 27.4 Å². The van der Waals surface area contributed by atoms with E-state index in [1.165, 1.54) is 12.0 Å². The molecule has 0 aromatic heterocycles. The molecule has 208 valence electrons. The van der Waals surface area contributed by atoms with Gasteiger partial charge in [0.05, 0.1) is 24.8 Å². The second-order valence-corrected chi connectivity index (χ2v) is 9.85. The molecule has 0 unspecified atom stereocenters. The average Bonchev–Trinajstić information content (AvgIpc) is 3.46. The Labute approximate surface area is 233 Å². The van der Waals surface area contributed by atoms with Gasteiger partial charge in [-0.15, -0.1) is 0 Å². The number of Topliss-reactive ketones (excluding diaryl/α,β-unsaturated/α-hetero) is 1. The van der Waals surface area contributed by atoms with Crippen LogP contribution in [0.3, 0.4) is 0 Å². The van der Waals surface area contributed by atoms with Crippen molar-refractivity contribution in [3.8, 4) is 17.2 Å². The molecule has 8 heteroatoms. The summed E-state index contributed by atoms with van der Waals surface area (Å²) in [6, 6.07) is 19.6. The lowest BCUT2D eigenvalue weighted by atomic mass is 9.94. The van der Waals surface area contributed by atoms with Crippen LogP contribution in [0.15, 0.2) is 72.3 Å². The second kappa shape index (κ2) is 11.8. The number of fused-ring (bicyclic) bond motifs is 1. The van der Waals surface area contributed by atoms with Crippen molar-refractivity contribution < 1.29 is 33.6 Å². The minimum atomic E-state index is -0.832. The van der Waals surface area contributed by atoms with Crippen LogP contribution in [0.2, 0.25) is 0 Å². The maximum absolute atomic E-state index is 13.4. The molecular weight excluding hydrogens is 510 g/mol. The normalized spacial score (nSPS) is 19.4. The van der Waals surface area contributed by atoms with Gasteiger partial charge in [0.1, 0.15) is 24.2 Å². The van der Waals surface area contributed by atoms with Crippen molar-refractivity contribution in [3.05, 3.63) is 94.6 Å². The Morgan fingerprint density at radius 2 is 1.82 bits per heavy atom. The summed E-state index contributed by atoms with van der Waals surface area (Å²) in [5.74, 6) is 0.115. The highest BCUT2D eigenvalue weighted by atomic mass is 16.5. The Morgan fingerprint density at radius 1 is 1.02 bits per heavy atom. The van der Waals surface area contributed by atoms with Gasteiger partial charge in [-0.1, -0.05) is 36.4 Å². The predicted octanol–water partition coefficient (Wildman–Crippen LogP) is 5.06. The first-order valence-electron chi connectivity index (χ1n) is 13.4. The zero-order valence-electron chi connectivity index (χ0n) is 22.9. The van der Waals surface area contributed by atoms with Crippen LogP contribution >= 0.6 is 0 Å². The van der Waals surface area contributed by atoms with Crippen LogP contribution in [0.25, 0.3) is 5.76 Å². The topological polar surface area (TPSA) is 94.5 Å². The lowest BCUT2D eigenvalue weighted by molar-refractivity contribution is -0.140. The molecule has 1 saturated heterocycles. The van der Waals surface area contributed by atoms with Gasteiger partial charge < -0.3 is 29.0 Å². The SMILES string of the molecule is CCOc1cc([C@@H]2C(=C(O)c3ccc4c(c3)C[C@@H](C)O4)C(=O)C(=O)N2CCOC)ccc1OCc1ccccc1. The number of aliphatic hydroxyl groups excluding tert-OH is 1. The third-order valence-corrected chi connectivity index (χ3v) is 7.07. The molecule has 1 N–H and O–H groups in total. The molecule has 0 bridgehead atoms. The number of ether oxygens (including phenoxy) is 4. The molecule has 5 rings (SSSR count). The van der Waals surface area contributed by atoms with E-state index in [4.69, 9.17) is 18.9 Å². The molecule has 8 nitrogen and oxygen atoms in total. The van der Waals surface area contributed by atoms with Crippen LogP contribution in [0.4, 0.5) is 0 Å². The van der Waals surface area contributed by atoms with Gasteiger partial charge in [-0.3, -0.25) is 9.59 Å². The van der Waals surface area contributed by atoms with Gasteiger partial charge in [0.25, 0.3) is 11.7 Å². The zero-order chi connectivity index (χ0) is 28.2. The molecule has 0 radical (unpaired) electrons. The lowest BCUT2D eigenvalue weighted by Gasteiger charge is -2.26. The minimum Gasteiger partial charge on any atom is -0.507 e. The van der Waals surface area contributed by atoms with E-state index in [0.717, 1.165) is 16.9 Å². The van der Waals surface area contributed by atoms with E-state index in [9.17, 15) is 14.7 Å². The summed E-state index contributed by atoms with van der Waals surface area (Å²) in [7, 11) is 1.53. The molecule has 40 heavy (non-hydrogen) atoms. The monoisotopic (exact) mass is 543 g/mol. The first-order chi connectivity index (χ1) is 19.4. The Hall–Kier alpha value is -4.30. The van der Waals surface area contributed by atoms with Crippen molar-refractivity contribution >= 4 is 17.4 Å². The van der Waals surface area contributed by atoms with Crippen molar-refractivity contribution in [2.75, 3.05) is 26.9 Å². The molecule has 1 fully saturated rings. The number of carbonyl (C=O) groups is 2. The highest BCUT2D eigenvalue weighted by Crippen LogP contribution is 2.43. The zero-order valence-corrected chi connectivity index (χ0v) is 22.9. The van der Waals surface area contributed by atoms with Crippen LogP contribution in [-0.4, -0.2) is 54.7 Å². The second-order valence-electron chi connectivity index (χ2n) is 9.85. The molecule has 3 aromatic carbocycles. The molecule has 2 aliphatic heterocycles. The summed E-state index contributed by atoms with van der Waals surface area (Å²) >= 11 is 0. The summed E-state index contributed by atoms with van der Waals surface area (Å²) in [6.45, 7) is 5.00. The number of ketones is 1. The van der Waals surface area contributed by atoms with E-state index in [-0.39, 0.29) is 30.6 Å². The van der Waals surface area contributed by atoms with E-state index < -0.39 is 17.7 Å². The first kappa shape index (κ1) is 27.3. The number of benzene rings is 3. The van der Waals surface area contributed by atoms with E-state index in [2.05, 4.69) is 0 Å². The number of rotatable bonds is 10. The lowest BCUT2D eigenvalue weighted by Crippen LogP contribution is -2.32. The number of hydrogen-bond acceptors (Lipinski definition) is 7. The fourth-order valence-corrected chi connectivity index (χ4v) is 5.19. The maximum atomic E-state index is 13.4. The quantitative estimate of drug-likeness (QED) is 0.217. The van der Waals surface area contributed by atoms with Crippen molar-refractivity contribution in [2.24, 2.45) is 0 Å². The van der Waals surface area contributed by atoms with Crippen LogP contribution < -0.4 is 14.2 Å². The van der Waals surface area contributed by atoms with Gasteiger partial charge in [0, 0.05) is 25.6 Å². The van der Waals surface area contributed by atoms with E-state index >= 15 is 0 Å². The molecule has 0 spiro atoms. The standard InChI is InChI=1S/C32H33NO7/c1-4-38-27-18-22(10-13-26(27)39-19-21-8-6-5-7-9-21)29-28(31(35)32(36)33(29)14-15-37-3)30(34)23-11-12-25-24(17-23)16-20(2)40-25/h5-13,17-18,20,29,34H,4,14-16,19H2,1-3H3/t20-,29-/m1/s1. The van der Waals surface area contributed by atoms with Gasteiger partial charge in [0.2, 0.25) is 0 Å². The maximum Gasteiger partial charge on any atom is 0.295 e. The number of likely N-dealkylation sites (tertiary alicyclic amines) is 1. The molecule has 2 aliphatic rings. The van der Waals surface area contributed by atoms with Gasteiger partial charge in [-0.2, -0.15) is 0 Å². The minimum absolute atomic E-state index is 0.0217. The summed E-state index contributed by atoms with van der Waals surface area (Å²) in [5.41, 5.74) is 3.05. The van der Waals surface area contributed by atoms with E-state index in [1.807, 2.05) is 50.2 Å². The summed E-state index contributed by atoms with van der Waals surface area (Å²) in [5, 5.41) is 11.5. The number of aliphatic hydroxyl groups is 1. The predicted molar refractivity (Wildman–Crippen MR) is 150 cm³/mol. The third-order valence-electron chi connectivity index (χ3n) is 7.07. The van der Waals surface area contributed by atoms with Gasteiger partial charge >= 0.3 is 0 Å².